The van der Waals surface area contributed by atoms with Crippen molar-refractivity contribution >= 4 is 17.6 Å². The Labute approximate surface area is 174 Å². The Morgan fingerprint density at radius 1 is 1.14 bits per heavy atom. The minimum atomic E-state index is -0.748. The monoisotopic (exact) mass is 406 g/mol. The minimum absolute atomic E-state index is 0.0302. The second-order valence-electron chi connectivity index (χ2n) is 8.05. The molecule has 0 aliphatic heterocycles. The number of carboxylic acid groups (broad SMARTS) is 1. The van der Waals surface area contributed by atoms with Gasteiger partial charge in [0, 0.05) is 17.7 Å². The summed E-state index contributed by atoms with van der Waals surface area (Å²) in [5.41, 5.74) is 2.54. The Hall–Kier alpha value is -1.32. The van der Waals surface area contributed by atoms with Gasteiger partial charge in [0.15, 0.2) is 0 Å². The highest BCUT2D eigenvalue weighted by molar-refractivity contribution is 6.21. The van der Waals surface area contributed by atoms with E-state index in [2.05, 4.69) is 37.3 Å². The maximum absolute atomic E-state index is 10.6. The van der Waals surface area contributed by atoms with Gasteiger partial charge in [-0.1, -0.05) is 62.6 Å². The molecule has 1 aliphatic rings. The summed E-state index contributed by atoms with van der Waals surface area (Å²) in [6, 6.07) is 8.74. The standard InChI is InChI=1S/C24H35ClO3/c1-2-3-4-7-10-18-13-15-19(16-14-18)24-20(21(25)17-22(24)26)11-8-5-6-9-12-23(27)28/h5,8,13-16,20-22,24,26H,2-4,6-7,9-12,17H2,1H3,(H,27,28)/t20-,21+,22+,24+/m0/s1. The number of unbranched alkanes of at least 4 members (excludes halogenated alkanes) is 4. The van der Waals surface area contributed by atoms with E-state index in [1.807, 2.05) is 6.08 Å². The number of hydrogen-bond acceptors (Lipinski definition) is 2. The van der Waals surface area contributed by atoms with Gasteiger partial charge in [-0.15, -0.1) is 11.6 Å². The molecule has 0 amide bonds. The predicted octanol–water partition coefficient (Wildman–Crippen LogP) is 6.08. The van der Waals surface area contributed by atoms with Crippen molar-refractivity contribution in [2.45, 2.75) is 88.5 Å². The lowest BCUT2D eigenvalue weighted by atomic mass is 9.85. The highest BCUT2D eigenvalue weighted by Crippen LogP contribution is 2.44. The Morgan fingerprint density at radius 3 is 2.57 bits per heavy atom. The number of aliphatic hydroxyl groups excluding tert-OH is 1. The summed E-state index contributed by atoms with van der Waals surface area (Å²) < 4.78 is 0. The maximum atomic E-state index is 10.6. The molecule has 28 heavy (non-hydrogen) atoms. The van der Waals surface area contributed by atoms with Crippen molar-refractivity contribution in [3.05, 3.63) is 47.5 Å². The lowest BCUT2D eigenvalue weighted by molar-refractivity contribution is -0.137. The molecule has 0 bridgehead atoms. The van der Waals surface area contributed by atoms with Gasteiger partial charge in [0.1, 0.15) is 0 Å². The highest BCUT2D eigenvalue weighted by atomic mass is 35.5. The fraction of sp³-hybridized carbons (Fsp3) is 0.625. The normalized spacial score (nSPS) is 24.8. The Kier molecular flexibility index (Phi) is 10.1. The second-order valence-corrected chi connectivity index (χ2v) is 8.61. The molecule has 0 spiro atoms. The van der Waals surface area contributed by atoms with Gasteiger partial charge in [-0.05, 0) is 55.6 Å². The quantitative estimate of drug-likeness (QED) is 0.251. The first-order valence-electron chi connectivity index (χ1n) is 10.8. The molecule has 4 atom stereocenters. The molecule has 2 rings (SSSR count). The summed E-state index contributed by atoms with van der Waals surface area (Å²) in [6.45, 7) is 2.23. The Morgan fingerprint density at radius 2 is 1.89 bits per heavy atom. The van der Waals surface area contributed by atoms with Crippen LogP contribution in [-0.2, 0) is 11.2 Å². The topological polar surface area (TPSA) is 57.5 Å². The van der Waals surface area contributed by atoms with Gasteiger partial charge >= 0.3 is 5.97 Å². The van der Waals surface area contributed by atoms with Gasteiger partial charge in [0.25, 0.3) is 0 Å². The number of halogens is 1. The SMILES string of the molecule is CCCCCCc1ccc([C@@H]2[C@@H](CC=CCCCC(=O)O)[C@H](Cl)C[C@H]2O)cc1. The van der Waals surface area contributed by atoms with Crippen LogP contribution in [0.3, 0.4) is 0 Å². The fourth-order valence-electron chi connectivity index (χ4n) is 4.23. The largest absolute Gasteiger partial charge is 0.481 e. The van der Waals surface area contributed by atoms with Gasteiger partial charge in [0.2, 0.25) is 0 Å². The van der Waals surface area contributed by atoms with Crippen LogP contribution in [0.25, 0.3) is 0 Å². The Balaban J connectivity index is 1.91. The first kappa shape index (κ1) is 23.0. The number of benzene rings is 1. The van der Waals surface area contributed by atoms with Crippen LogP contribution in [0.4, 0.5) is 0 Å². The average Bonchev–Trinajstić information content (AvgIpc) is 2.95. The molecular formula is C24H35ClO3. The third kappa shape index (κ3) is 7.25. The highest BCUT2D eigenvalue weighted by Gasteiger charge is 2.41. The number of aryl methyl sites for hydroxylation is 1. The second kappa shape index (κ2) is 12.3. The van der Waals surface area contributed by atoms with Gasteiger partial charge < -0.3 is 10.2 Å². The van der Waals surface area contributed by atoms with Crippen LogP contribution in [-0.4, -0.2) is 27.7 Å². The number of rotatable bonds is 12. The van der Waals surface area contributed by atoms with E-state index < -0.39 is 12.1 Å². The van der Waals surface area contributed by atoms with Gasteiger partial charge in [-0.2, -0.15) is 0 Å². The summed E-state index contributed by atoms with van der Waals surface area (Å²) in [5.74, 6) is -0.467. The Bertz CT molecular complexity index is 611. The number of carboxylic acids is 1. The van der Waals surface area contributed by atoms with E-state index in [0.29, 0.717) is 12.8 Å². The van der Waals surface area contributed by atoms with E-state index >= 15 is 0 Å². The lowest BCUT2D eigenvalue weighted by Gasteiger charge is -2.23. The zero-order valence-corrected chi connectivity index (χ0v) is 17.8. The molecular weight excluding hydrogens is 372 g/mol. The van der Waals surface area contributed by atoms with Crippen molar-refractivity contribution < 1.29 is 15.0 Å². The van der Waals surface area contributed by atoms with Crippen molar-refractivity contribution in [1.82, 2.24) is 0 Å². The van der Waals surface area contributed by atoms with E-state index in [9.17, 15) is 9.90 Å². The van der Waals surface area contributed by atoms with Gasteiger partial charge in [-0.25, -0.2) is 0 Å². The van der Waals surface area contributed by atoms with Gasteiger partial charge in [-0.3, -0.25) is 4.79 Å². The zero-order chi connectivity index (χ0) is 20.4. The van der Waals surface area contributed by atoms with Crippen molar-refractivity contribution in [2.75, 3.05) is 0 Å². The number of alkyl halides is 1. The van der Waals surface area contributed by atoms with Crippen molar-refractivity contribution in [3.8, 4) is 0 Å². The molecule has 0 radical (unpaired) electrons. The van der Waals surface area contributed by atoms with E-state index in [-0.39, 0.29) is 23.6 Å². The molecule has 2 N–H and O–H groups in total. The molecule has 1 aromatic carbocycles. The van der Waals surface area contributed by atoms with Crippen LogP contribution in [0.1, 0.15) is 81.8 Å². The smallest absolute Gasteiger partial charge is 0.303 e. The average molecular weight is 407 g/mol. The number of carbonyl (C=O) groups is 1. The molecule has 1 aromatic rings. The summed E-state index contributed by atoms with van der Waals surface area (Å²) in [6.07, 6.45) is 13.0. The van der Waals surface area contributed by atoms with E-state index in [4.69, 9.17) is 16.7 Å². The third-order valence-electron chi connectivity index (χ3n) is 5.83. The molecule has 0 saturated heterocycles. The first-order chi connectivity index (χ1) is 13.5. The van der Waals surface area contributed by atoms with Crippen molar-refractivity contribution in [3.63, 3.8) is 0 Å². The molecule has 1 saturated carbocycles. The number of hydrogen-bond donors (Lipinski definition) is 2. The van der Waals surface area contributed by atoms with E-state index in [1.54, 1.807) is 0 Å². The minimum Gasteiger partial charge on any atom is -0.481 e. The molecule has 1 fully saturated rings. The zero-order valence-electron chi connectivity index (χ0n) is 17.0. The molecule has 1 aliphatic carbocycles. The van der Waals surface area contributed by atoms with Crippen LogP contribution >= 0.6 is 11.6 Å². The van der Waals surface area contributed by atoms with Crippen molar-refractivity contribution in [1.29, 1.82) is 0 Å². The molecule has 0 aromatic heterocycles. The fourth-order valence-corrected chi connectivity index (χ4v) is 4.67. The molecule has 156 valence electrons. The number of aliphatic carboxylic acids is 1. The van der Waals surface area contributed by atoms with Crippen LogP contribution < -0.4 is 0 Å². The van der Waals surface area contributed by atoms with E-state index in [0.717, 1.165) is 19.3 Å². The number of allylic oxidation sites excluding steroid dienone is 2. The summed E-state index contributed by atoms with van der Waals surface area (Å²) >= 11 is 6.56. The molecule has 0 unspecified atom stereocenters. The van der Waals surface area contributed by atoms with E-state index in [1.165, 1.54) is 36.8 Å². The number of aliphatic hydroxyl groups is 1. The van der Waals surface area contributed by atoms with Crippen LogP contribution in [0, 0.1) is 5.92 Å². The molecule has 0 heterocycles. The lowest BCUT2D eigenvalue weighted by Crippen LogP contribution is -2.18. The third-order valence-corrected chi connectivity index (χ3v) is 6.33. The van der Waals surface area contributed by atoms with Crippen molar-refractivity contribution in [2.24, 2.45) is 5.92 Å². The summed E-state index contributed by atoms with van der Waals surface area (Å²) in [5, 5.41) is 19.2. The first-order valence-corrected chi connectivity index (χ1v) is 11.2. The maximum Gasteiger partial charge on any atom is 0.303 e. The molecule has 4 heteroatoms. The van der Waals surface area contributed by atoms with Crippen LogP contribution in [0.5, 0.6) is 0 Å². The summed E-state index contributed by atoms with van der Waals surface area (Å²) in [7, 11) is 0. The van der Waals surface area contributed by atoms with Crippen LogP contribution in [0.15, 0.2) is 36.4 Å². The summed E-state index contributed by atoms with van der Waals surface area (Å²) in [4.78, 5) is 10.6. The predicted molar refractivity (Wildman–Crippen MR) is 116 cm³/mol. The van der Waals surface area contributed by atoms with Crippen LogP contribution in [0.2, 0.25) is 0 Å². The van der Waals surface area contributed by atoms with Gasteiger partial charge in [0.05, 0.1) is 6.10 Å². The molecule has 3 nitrogen and oxygen atoms in total.